The molecular formula is C16H27NO. The molecule has 0 saturated carbocycles. The lowest BCUT2D eigenvalue weighted by molar-refractivity contribution is 0.193. The highest BCUT2D eigenvalue weighted by Crippen LogP contribution is 2.21. The molecule has 1 unspecified atom stereocenters. The van der Waals surface area contributed by atoms with Gasteiger partial charge in [-0.15, -0.1) is 0 Å². The molecular weight excluding hydrogens is 222 g/mol. The lowest BCUT2D eigenvalue weighted by Gasteiger charge is -2.18. The van der Waals surface area contributed by atoms with Gasteiger partial charge >= 0.3 is 0 Å². The second-order valence-electron chi connectivity index (χ2n) is 4.64. The van der Waals surface area contributed by atoms with Crippen LogP contribution in [0.4, 0.5) is 0 Å². The number of nitrogens with one attached hydrogen (secondary N) is 1. The van der Waals surface area contributed by atoms with Crippen molar-refractivity contribution in [1.29, 1.82) is 0 Å². The third-order valence-electron chi connectivity index (χ3n) is 3.35. The van der Waals surface area contributed by atoms with E-state index in [1.54, 1.807) is 0 Å². The Morgan fingerprint density at radius 2 is 1.56 bits per heavy atom. The highest BCUT2D eigenvalue weighted by Gasteiger charge is 2.09. The molecule has 2 nitrogen and oxygen atoms in total. The highest BCUT2D eigenvalue weighted by atomic mass is 16.5. The van der Waals surface area contributed by atoms with Crippen LogP contribution < -0.4 is 10.1 Å². The second kappa shape index (κ2) is 8.15. The maximum atomic E-state index is 5.92. The molecule has 0 aliphatic carbocycles. The summed E-state index contributed by atoms with van der Waals surface area (Å²) >= 11 is 0. The molecule has 1 rings (SSSR count). The Morgan fingerprint density at radius 1 is 0.944 bits per heavy atom. The van der Waals surface area contributed by atoms with Crippen molar-refractivity contribution in [3.05, 3.63) is 29.8 Å². The van der Waals surface area contributed by atoms with E-state index >= 15 is 0 Å². The molecule has 1 N–H and O–H groups in total. The first-order valence-electron chi connectivity index (χ1n) is 7.25. The Labute approximate surface area is 112 Å². The Morgan fingerprint density at radius 3 is 2.00 bits per heavy atom. The van der Waals surface area contributed by atoms with Crippen LogP contribution in [-0.4, -0.2) is 12.6 Å². The summed E-state index contributed by atoms with van der Waals surface area (Å²) in [6.45, 7) is 9.70. The number of rotatable bonds is 8. The normalized spacial score (nSPS) is 12.7. The fraction of sp³-hybridized carbons (Fsp3) is 0.625. The van der Waals surface area contributed by atoms with Crippen LogP contribution in [0.1, 0.15) is 58.6 Å². The molecule has 1 atom stereocenters. The van der Waals surface area contributed by atoms with Gasteiger partial charge in [-0.1, -0.05) is 39.8 Å². The lowest BCUT2D eigenvalue weighted by Crippen LogP contribution is -2.20. The average Bonchev–Trinajstić information content (AvgIpc) is 2.43. The maximum absolute atomic E-state index is 5.92. The Bertz CT molecular complexity index is 316. The van der Waals surface area contributed by atoms with E-state index in [4.69, 9.17) is 4.74 Å². The van der Waals surface area contributed by atoms with Crippen molar-refractivity contribution in [3.8, 4) is 5.75 Å². The molecule has 102 valence electrons. The zero-order chi connectivity index (χ0) is 13.4. The van der Waals surface area contributed by atoms with Gasteiger partial charge in [0.1, 0.15) is 5.75 Å². The standard InChI is InChI=1S/C16H27NO/c1-5-14(6-2)18-15-11-9-13(10-12-15)16(7-3)17-8-4/h9-12,14,16-17H,5-8H2,1-4H3. The molecule has 0 amide bonds. The molecule has 0 aliphatic heterocycles. The molecule has 0 saturated heterocycles. The summed E-state index contributed by atoms with van der Waals surface area (Å²) in [5.41, 5.74) is 1.34. The Hall–Kier alpha value is -1.02. The van der Waals surface area contributed by atoms with Crippen molar-refractivity contribution in [2.45, 2.75) is 59.1 Å². The zero-order valence-electron chi connectivity index (χ0n) is 12.2. The number of benzene rings is 1. The summed E-state index contributed by atoms with van der Waals surface area (Å²) in [5, 5.41) is 3.49. The molecule has 0 bridgehead atoms. The van der Waals surface area contributed by atoms with Gasteiger partial charge in [-0.25, -0.2) is 0 Å². The van der Waals surface area contributed by atoms with E-state index in [2.05, 4.69) is 57.3 Å². The summed E-state index contributed by atoms with van der Waals surface area (Å²) in [6.07, 6.45) is 3.58. The Kier molecular flexibility index (Phi) is 6.81. The molecule has 0 heterocycles. The maximum Gasteiger partial charge on any atom is 0.119 e. The summed E-state index contributed by atoms with van der Waals surface area (Å²) in [6, 6.07) is 8.99. The van der Waals surface area contributed by atoms with Gasteiger partial charge in [-0.3, -0.25) is 0 Å². The van der Waals surface area contributed by atoms with E-state index in [1.165, 1.54) is 5.56 Å². The Balaban J connectivity index is 2.66. The minimum absolute atomic E-state index is 0.339. The first kappa shape index (κ1) is 15.0. The largest absolute Gasteiger partial charge is 0.490 e. The van der Waals surface area contributed by atoms with Gasteiger partial charge in [0, 0.05) is 6.04 Å². The smallest absolute Gasteiger partial charge is 0.119 e. The molecule has 0 aromatic heterocycles. The number of hydrogen-bond donors (Lipinski definition) is 1. The topological polar surface area (TPSA) is 21.3 Å². The first-order chi connectivity index (χ1) is 8.74. The third-order valence-corrected chi connectivity index (χ3v) is 3.35. The van der Waals surface area contributed by atoms with Crippen molar-refractivity contribution >= 4 is 0 Å². The molecule has 2 heteroatoms. The van der Waals surface area contributed by atoms with E-state index in [0.29, 0.717) is 12.1 Å². The van der Waals surface area contributed by atoms with Gasteiger partial charge in [0.15, 0.2) is 0 Å². The monoisotopic (exact) mass is 249 g/mol. The van der Waals surface area contributed by atoms with Gasteiger partial charge in [0.25, 0.3) is 0 Å². The predicted molar refractivity (Wildman–Crippen MR) is 78.1 cm³/mol. The van der Waals surface area contributed by atoms with Gasteiger partial charge in [-0.2, -0.15) is 0 Å². The van der Waals surface area contributed by atoms with Crippen LogP contribution in [0.25, 0.3) is 0 Å². The predicted octanol–water partition coefficient (Wildman–Crippen LogP) is 4.31. The highest BCUT2D eigenvalue weighted by molar-refractivity contribution is 5.29. The van der Waals surface area contributed by atoms with Crippen LogP contribution in [0.3, 0.4) is 0 Å². The average molecular weight is 249 g/mol. The van der Waals surface area contributed by atoms with Crippen molar-refractivity contribution in [3.63, 3.8) is 0 Å². The molecule has 0 radical (unpaired) electrons. The van der Waals surface area contributed by atoms with Crippen LogP contribution in [0.15, 0.2) is 24.3 Å². The number of hydrogen-bond acceptors (Lipinski definition) is 2. The van der Waals surface area contributed by atoms with Gasteiger partial charge < -0.3 is 10.1 Å². The van der Waals surface area contributed by atoms with Crippen LogP contribution >= 0.6 is 0 Å². The zero-order valence-corrected chi connectivity index (χ0v) is 12.2. The molecule has 1 aromatic carbocycles. The van der Waals surface area contributed by atoms with Crippen LogP contribution in [0.5, 0.6) is 5.75 Å². The lowest BCUT2D eigenvalue weighted by atomic mass is 10.0. The van der Waals surface area contributed by atoms with Gasteiger partial charge in [0.2, 0.25) is 0 Å². The minimum Gasteiger partial charge on any atom is -0.490 e. The molecule has 1 aromatic rings. The quantitative estimate of drug-likeness (QED) is 0.741. The second-order valence-corrected chi connectivity index (χ2v) is 4.64. The summed E-state index contributed by atoms with van der Waals surface area (Å²) in [7, 11) is 0. The van der Waals surface area contributed by atoms with Crippen LogP contribution in [0, 0.1) is 0 Å². The van der Waals surface area contributed by atoms with Crippen molar-refractivity contribution in [1.82, 2.24) is 5.32 Å². The summed E-state index contributed by atoms with van der Waals surface area (Å²) in [4.78, 5) is 0. The van der Waals surface area contributed by atoms with E-state index in [0.717, 1.165) is 31.6 Å². The van der Waals surface area contributed by atoms with E-state index in [9.17, 15) is 0 Å². The van der Waals surface area contributed by atoms with Crippen molar-refractivity contribution in [2.75, 3.05) is 6.54 Å². The van der Waals surface area contributed by atoms with E-state index in [1.807, 2.05) is 0 Å². The fourth-order valence-corrected chi connectivity index (χ4v) is 2.17. The van der Waals surface area contributed by atoms with Crippen LogP contribution in [0.2, 0.25) is 0 Å². The van der Waals surface area contributed by atoms with Gasteiger partial charge in [-0.05, 0) is 43.5 Å². The van der Waals surface area contributed by atoms with E-state index < -0.39 is 0 Å². The number of ether oxygens (including phenoxy) is 1. The van der Waals surface area contributed by atoms with Gasteiger partial charge in [0.05, 0.1) is 6.10 Å². The molecule has 0 spiro atoms. The molecule has 18 heavy (non-hydrogen) atoms. The van der Waals surface area contributed by atoms with Crippen LogP contribution in [-0.2, 0) is 0 Å². The third kappa shape index (κ3) is 4.34. The first-order valence-corrected chi connectivity index (χ1v) is 7.25. The van der Waals surface area contributed by atoms with Crippen molar-refractivity contribution < 1.29 is 4.74 Å². The summed E-state index contributed by atoms with van der Waals surface area (Å²) < 4.78 is 5.92. The van der Waals surface area contributed by atoms with E-state index in [-0.39, 0.29) is 0 Å². The molecule has 0 aliphatic rings. The van der Waals surface area contributed by atoms with Crippen molar-refractivity contribution in [2.24, 2.45) is 0 Å². The fourth-order valence-electron chi connectivity index (χ4n) is 2.17. The summed E-state index contributed by atoms with van der Waals surface area (Å²) in [5.74, 6) is 0.985. The SMILES string of the molecule is CCNC(CC)c1ccc(OC(CC)CC)cc1. The minimum atomic E-state index is 0.339. The molecule has 0 fully saturated rings.